The molecule has 4 nitrogen and oxygen atoms in total. The summed E-state index contributed by atoms with van der Waals surface area (Å²) >= 11 is 5.93. The fraction of sp³-hybridized carbons (Fsp3) is 0.385. The Bertz CT molecular complexity index is 598. The lowest BCUT2D eigenvalue weighted by atomic mass is 10.1. The van der Waals surface area contributed by atoms with Gasteiger partial charge in [0, 0.05) is 5.56 Å². The first-order chi connectivity index (χ1) is 9.13. The van der Waals surface area contributed by atoms with Gasteiger partial charge in [-0.2, -0.15) is 4.98 Å². The molecule has 1 aromatic carbocycles. The molecule has 19 heavy (non-hydrogen) atoms. The average Bonchev–Trinajstić information content (AvgIpc) is 3.11. The summed E-state index contributed by atoms with van der Waals surface area (Å²) in [5.74, 6) is 0.615. The van der Waals surface area contributed by atoms with Gasteiger partial charge >= 0.3 is 0 Å². The molecule has 0 bridgehead atoms. The standard InChI is InChI=1S/C13H12ClFN2O2/c14-10-5-8(15)3-4-9(10)13-16-12(19-17-13)6-11(18)7-1-2-7/h3-5,7,11,18H,1-2,6H2. The Hall–Kier alpha value is -1.46. The molecule has 1 fully saturated rings. The molecule has 0 radical (unpaired) electrons. The van der Waals surface area contributed by atoms with E-state index in [4.69, 9.17) is 16.1 Å². The molecule has 1 unspecified atom stereocenters. The number of rotatable bonds is 4. The number of benzene rings is 1. The Morgan fingerprint density at radius 3 is 2.95 bits per heavy atom. The predicted octanol–water partition coefficient (Wildman–Crippen LogP) is 2.84. The van der Waals surface area contributed by atoms with Crippen LogP contribution in [0.2, 0.25) is 5.02 Å². The number of aliphatic hydroxyl groups is 1. The third-order valence-corrected chi connectivity index (χ3v) is 3.50. The SMILES string of the molecule is OC(Cc1nc(-c2ccc(F)cc2Cl)no1)C1CC1. The highest BCUT2D eigenvalue weighted by molar-refractivity contribution is 6.33. The summed E-state index contributed by atoms with van der Waals surface area (Å²) in [6, 6.07) is 3.99. The number of hydrogen-bond acceptors (Lipinski definition) is 4. The monoisotopic (exact) mass is 282 g/mol. The summed E-state index contributed by atoms with van der Waals surface area (Å²) < 4.78 is 18.0. The van der Waals surface area contributed by atoms with E-state index >= 15 is 0 Å². The van der Waals surface area contributed by atoms with Gasteiger partial charge in [0.15, 0.2) is 0 Å². The van der Waals surface area contributed by atoms with Crippen molar-refractivity contribution in [2.24, 2.45) is 5.92 Å². The van der Waals surface area contributed by atoms with Crippen molar-refractivity contribution in [2.75, 3.05) is 0 Å². The van der Waals surface area contributed by atoms with Gasteiger partial charge in [0.25, 0.3) is 0 Å². The summed E-state index contributed by atoms with van der Waals surface area (Å²) in [4.78, 5) is 4.18. The van der Waals surface area contributed by atoms with E-state index in [-0.39, 0.29) is 5.02 Å². The second kappa shape index (κ2) is 4.90. The van der Waals surface area contributed by atoms with Gasteiger partial charge in [0.05, 0.1) is 17.5 Å². The minimum absolute atomic E-state index is 0.232. The molecule has 1 saturated carbocycles. The highest BCUT2D eigenvalue weighted by atomic mass is 35.5. The molecular formula is C13H12ClFN2O2. The van der Waals surface area contributed by atoms with Crippen LogP contribution in [0.25, 0.3) is 11.4 Å². The molecular weight excluding hydrogens is 271 g/mol. The Morgan fingerprint density at radius 1 is 1.47 bits per heavy atom. The number of halogens is 2. The van der Waals surface area contributed by atoms with Crippen molar-refractivity contribution in [3.05, 3.63) is 34.9 Å². The first kappa shape index (κ1) is 12.6. The van der Waals surface area contributed by atoms with Crippen molar-refractivity contribution in [3.63, 3.8) is 0 Å². The smallest absolute Gasteiger partial charge is 0.229 e. The minimum Gasteiger partial charge on any atom is -0.392 e. The van der Waals surface area contributed by atoms with E-state index in [9.17, 15) is 9.50 Å². The van der Waals surface area contributed by atoms with E-state index in [1.54, 1.807) is 0 Å². The third-order valence-electron chi connectivity index (χ3n) is 3.19. The zero-order valence-electron chi connectivity index (χ0n) is 10.0. The molecule has 2 aromatic rings. The van der Waals surface area contributed by atoms with Crippen molar-refractivity contribution in [1.82, 2.24) is 10.1 Å². The quantitative estimate of drug-likeness (QED) is 0.937. The lowest BCUT2D eigenvalue weighted by Crippen LogP contribution is -2.12. The molecule has 1 aromatic heterocycles. The normalized spacial score (nSPS) is 16.6. The largest absolute Gasteiger partial charge is 0.392 e. The van der Waals surface area contributed by atoms with Crippen molar-refractivity contribution < 1.29 is 14.0 Å². The maximum absolute atomic E-state index is 13.0. The van der Waals surface area contributed by atoms with Gasteiger partial charge in [-0.15, -0.1) is 0 Å². The molecule has 6 heteroatoms. The van der Waals surface area contributed by atoms with Gasteiger partial charge in [-0.3, -0.25) is 0 Å². The fourth-order valence-electron chi connectivity index (χ4n) is 1.94. The second-order valence-corrected chi connectivity index (χ2v) is 5.15. The van der Waals surface area contributed by atoms with Crippen LogP contribution in [0.3, 0.4) is 0 Å². The third kappa shape index (κ3) is 2.77. The maximum Gasteiger partial charge on any atom is 0.229 e. The number of aliphatic hydroxyl groups excluding tert-OH is 1. The van der Waals surface area contributed by atoms with Crippen LogP contribution in [0.5, 0.6) is 0 Å². The molecule has 3 rings (SSSR count). The van der Waals surface area contributed by atoms with E-state index in [2.05, 4.69) is 10.1 Å². The van der Waals surface area contributed by atoms with E-state index < -0.39 is 11.9 Å². The summed E-state index contributed by atoms with van der Waals surface area (Å²) in [5.41, 5.74) is 0.513. The lowest BCUT2D eigenvalue weighted by Gasteiger charge is -2.03. The van der Waals surface area contributed by atoms with Crippen LogP contribution in [-0.2, 0) is 6.42 Å². The van der Waals surface area contributed by atoms with Gasteiger partial charge in [-0.1, -0.05) is 16.8 Å². The highest BCUT2D eigenvalue weighted by Gasteiger charge is 2.31. The van der Waals surface area contributed by atoms with Crippen LogP contribution in [0.4, 0.5) is 4.39 Å². The first-order valence-electron chi connectivity index (χ1n) is 6.09. The summed E-state index contributed by atoms with van der Waals surface area (Å²) in [6.07, 6.45) is 2.01. The number of hydrogen-bond donors (Lipinski definition) is 1. The number of nitrogens with zero attached hydrogens (tertiary/aromatic N) is 2. The molecule has 100 valence electrons. The molecule has 1 atom stereocenters. The van der Waals surface area contributed by atoms with Crippen molar-refractivity contribution in [3.8, 4) is 11.4 Å². The van der Waals surface area contributed by atoms with Crippen LogP contribution in [0, 0.1) is 11.7 Å². The average molecular weight is 283 g/mol. The fourth-order valence-corrected chi connectivity index (χ4v) is 2.20. The number of aromatic nitrogens is 2. The Kier molecular flexibility index (Phi) is 3.24. The van der Waals surface area contributed by atoms with Crippen LogP contribution < -0.4 is 0 Å². The maximum atomic E-state index is 13.0. The topological polar surface area (TPSA) is 59.2 Å². The Morgan fingerprint density at radius 2 is 2.26 bits per heavy atom. The molecule has 0 amide bonds. The molecule has 0 aliphatic heterocycles. The Balaban J connectivity index is 1.79. The summed E-state index contributed by atoms with van der Waals surface area (Å²) in [7, 11) is 0. The van der Waals surface area contributed by atoms with Crippen molar-refractivity contribution >= 4 is 11.6 Å². The summed E-state index contributed by atoms with van der Waals surface area (Å²) in [6.45, 7) is 0. The van der Waals surface area contributed by atoms with Gasteiger partial charge in [0.1, 0.15) is 5.82 Å². The lowest BCUT2D eigenvalue weighted by molar-refractivity contribution is 0.140. The van der Waals surface area contributed by atoms with Crippen molar-refractivity contribution in [2.45, 2.75) is 25.4 Å². The van der Waals surface area contributed by atoms with E-state index in [1.807, 2.05) is 0 Å². The van der Waals surface area contributed by atoms with Gasteiger partial charge < -0.3 is 9.63 Å². The predicted molar refractivity (Wildman–Crippen MR) is 67.1 cm³/mol. The second-order valence-electron chi connectivity index (χ2n) is 4.74. The van der Waals surface area contributed by atoms with Gasteiger partial charge in [0.2, 0.25) is 11.7 Å². The van der Waals surface area contributed by atoms with Crippen LogP contribution >= 0.6 is 11.6 Å². The minimum atomic E-state index is -0.433. The first-order valence-corrected chi connectivity index (χ1v) is 6.47. The summed E-state index contributed by atoms with van der Waals surface area (Å²) in [5, 5.41) is 13.8. The molecule has 0 saturated heterocycles. The zero-order valence-corrected chi connectivity index (χ0v) is 10.8. The van der Waals surface area contributed by atoms with E-state index in [0.717, 1.165) is 12.8 Å². The van der Waals surface area contributed by atoms with Gasteiger partial charge in [-0.05, 0) is 37.0 Å². The van der Waals surface area contributed by atoms with Crippen LogP contribution in [0.1, 0.15) is 18.7 Å². The van der Waals surface area contributed by atoms with Crippen LogP contribution in [0.15, 0.2) is 22.7 Å². The molecule has 0 spiro atoms. The molecule has 1 heterocycles. The van der Waals surface area contributed by atoms with Gasteiger partial charge in [-0.25, -0.2) is 4.39 Å². The zero-order chi connectivity index (χ0) is 13.4. The highest BCUT2D eigenvalue weighted by Crippen LogP contribution is 2.34. The van der Waals surface area contributed by atoms with Crippen LogP contribution in [-0.4, -0.2) is 21.4 Å². The Labute approximate surface area is 114 Å². The van der Waals surface area contributed by atoms with Crippen molar-refractivity contribution in [1.29, 1.82) is 0 Å². The van der Waals surface area contributed by atoms with E-state index in [0.29, 0.717) is 29.6 Å². The molecule has 1 aliphatic rings. The molecule has 1 aliphatic carbocycles. The molecule has 1 N–H and O–H groups in total. The van der Waals surface area contributed by atoms with E-state index in [1.165, 1.54) is 18.2 Å².